The van der Waals surface area contributed by atoms with Gasteiger partial charge in [-0.3, -0.25) is 9.78 Å². The lowest BCUT2D eigenvalue weighted by Gasteiger charge is -1.98. The molecule has 4 heteroatoms. The van der Waals surface area contributed by atoms with Crippen molar-refractivity contribution in [3.8, 4) is 11.4 Å². The fraction of sp³-hybridized carbons (Fsp3) is 0.100. The maximum Gasteiger partial charge on any atom is 0.267 e. The van der Waals surface area contributed by atoms with Gasteiger partial charge < -0.3 is 0 Å². The number of aromatic amines is 1. The molecule has 4 nitrogen and oxygen atoms in total. The fourth-order valence-corrected chi connectivity index (χ4v) is 1.15. The first-order valence-corrected chi connectivity index (χ1v) is 4.25. The van der Waals surface area contributed by atoms with Crippen LogP contribution < -0.4 is 5.56 Å². The lowest BCUT2D eigenvalue weighted by Crippen LogP contribution is -2.11. The SMILES string of the molecule is Cc1cc(-c2ccccn2)n[nH]c1=O. The average Bonchev–Trinajstić information content (AvgIpc) is 2.23. The molecule has 2 aromatic rings. The Morgan fingerprint density at radius 1 is 1.29 bits per heavy atom. The molecule has 0 saturated heterocycles. The third-order valence-corrected chi connectivity index (χ3v) is 1.92. The summed E-state index contributed by atoms with van der Waals surface area (Å²) in [6.45, 7) is 1.74. The highest BCUT2D eigenvalue weighted by atomic mass is 16.1. The highest BCUT2D eigenvalue weighted by Gasteiger charge is 2.01. The molecule has 0 radical (unpaired) electrons. The number of hydrogen-bond donors (Lipinski definition) is 1. The number of hydrogen-bond acceptors (Lipinski definition) is 3. The Labute approximate surface area is 80.6 Å². The molecule has 14 heavy (non-hydrogen) atoms. The van der Waals surface area contributed by atoms with E-state index in [9.17, 15) is 4.79 Å². The Morgan fingerprint density at radius 3 is 2.79 bits per heavy atom. The Kier molecular flexibility index (Phi) is 2.10. The van der Waals surface area contributed by atoms with Gasteiger partial charge in [0, 0.05) is 11.8 Å². The van der Waals surface area contributed by atoms with E-state index < -0.39 is 0 Å². The van der Waals surface area contributed by atoms with Crippen molar-refractivity contribution in [2.45, 2.75) is 6.92 Å². The van der Waals surface area contributed by atoms with E-state index in [1.54, 1.807) is 19.2 Å². The molecule has 0 atom stereocenters. The van der Waals surface area contributed by atoms with Crippen LogP contribution in [0, 0.1) is 6.92 Å². The smallest absolute Gasteiger partial charge is 0.267 e. The summed E-state index contributed by atoms with van der Waals surface area (Å²) in [4.78, 5) is 15.2. The molecule has 2 heterocycles. The van der Waals surface area contributed by atoms with Gasteiger partial charge in [-0.1, -0.05) is 6.07 Å². The molecular weight excluding hydrogens is 178 g/mol. The Morgan fingerprint density at radius 2 is 2.14 bits per heavy atom. The zero-order valence-corrected chi connectivity index (χ0v) is 7.69. The predicted octanol–water partition coefficient (Wildman–Crippen LogP) is 1.14. The minimum absolute atomic E-state index is 0.162. The van der Waals surface area contributed by atoms with E-state index in [1.807, 2.05) is 18.2 Å². The fourth-order valence-electron chi connectivity index (χ4n) is 1.15. The number of rotatable bonds is 1. The molecule has 70 valence electrons. The van der Waals surface area contributed by atoms with Gasteiger partial charge in [0.25, 0.3) is 5.56 Å². The van der Waals surface area contributed by atoms with Crippen LogP contribution >= 0.6 is 0 Å². The van der Waals surface area contributed by atoms with Crippen LogP contribution in [0.25, 0.3) is 11.4 Å². The molecule has 0 aliphatic heterocycles. The number of H-pyrrole nitrogens is 1. The Hall–Kier alpha value is -1.97. The molecular formula is C10H9N3O. The minimum Gasteiger partial charge on any atom is -0.268 e. The number of aryl methyl sites for hydroxylation is 1. The van der Waals surface area contributed by atoms with Crippen molar-refractivity contribution >= 4 is 0 Å². The van der Waals surface area contributed by atoms with E-state index in [-0.39, 0.29) is 5.56 Å². The van der Waals surface area contributed by atoms with Crippen molar-refractivity contribution in [1.82, 2.24) is 15.2 Å². The summed E-state index contributed by atoms with van der Waals surface area (Å²) in [5.41, 5.74) is 1.92. The normalized spacial score (nSPS) is 10.1. The van der Waals surface area contributed by atoms with Gasteiger partial charge in [-0.25, -0.2) is 5.10 Å². The van der Waals surface area contributed by atoms with E-state index in [0.717, 1.165) is 5.69 Å². The molecule has 2 rings (SSSR count). The second kappa shape index (κ2) is 3.41. The molecule has 0 bridgehead atoms. The van der Waals surface area contributed by atoms with E-state index in [2.05, 4.69) is 15.2 Å². The number of nitrogens with zero attached hydrogens (tertiary/aromatic N) is 2. The van der Waals surface area contributed by atoms with Crippen LogP contribution in [0.2, 0.25) is 0 Å². The van der Waals surface area contributed by atoms with Gasteiger partial charge in [0.15, 0.2) is 0 Å². The summed E-state index contributed by atoms with van der Waals surface area (Å²) in [6.07, 6.45) is 1.69. The van der Waals surface area contributed by atoms with E-state index in [1.165, 1.54) is 0 Å². The van der Waals surface area contributed by atoms with Crippen LogP contribution in [0.3, 0.4) is 0 Å². The zero-order valence-electron chi connectivity index (χ0n) is 7.69. The Balaban J connectivity index is 2.54. The van der Waals surface area contributed by atoms with Gasteiger partial charge in [0.05, 0.1) is 5.69 Å². The molecule has 0 amide bonds. The second-order valence-electron chi connectivity index (χ2n) is 2.98. The van der Waals surface area contributed by atoms with Crippen molar-refractivity contribution < 1.29 is 0 Å². The van der Waals surface area contributed by atoms with E-state index >= 15 is 0 Å². The maximum atomic E-state index is 11.1. The first-order chi connectivity index (χ1) is 6.77. The molecule has 0 unspecified atom stereocenters. The highest BCUT2D eigenvalue weighted by molar-refractivity contribution is 5.53. The topological polar surface area (TPSA) is 58.6 Å². The molecule has 0 spiro atoms. The molecule has 0 aliphatic carbocycles. The van der Waals surface area contributed by atoms with Crippen molar-refractivity contribution in [2.24, 2.45) is 0 Å². The van der Waals surface area contributed by atoms with Crippen LogP contribution in [0.5, 0.6) is 0 Å². The van der Waals surface area contributed by atoms with Gasteiger partial charge in [-0.15, -0.1) is 0 Å². The summed E-state index contributed by atoms with van der Waals surface area (Å²) in [5, 5.41) is 6.33. The van der Waals surface area contributed by atoms with Crippen molar-refractivity contribution in [1.29, 1.82) is 0 Å². The largest absolute Gasteiger partial charge is 0.268 e. The average molecular weight is 187 g/mol. The molecule has 0 aliphatic rings. The van der Waals surface area contributed by atoms with E-state index in [0.29, 0.717) is 11.3 Å². The van der Waals surface area contributed by atoms with Gasteiger partial charge in [0.2, 0.25) is 0 Å². The lowest BCUT2D eigenvalue weighted by atomic mass is 10.2. The van der Waals surface area contributed by atoms with Gasteiger partial charge >= 0.3 is 0 Å². The highest BCUT2D eigenvalue weighted by Crippen LogP contribution is 2.11. The van der Waals surface area contributed by atoms with Crippen molar-refractivity contribution in [3.05, 3.63) is 46.4 Å². The number of aromatic nitrogens is 3. The predicted molar refractivity (Wildman–Crippen MR) is 52.8 cm³/mol. The summed E-state index contributed by atoms with van der Waals surface area (Å²) < 4.78 is 0. The summed E-state index contributed by atoms with van der Waals surface area (Å²) >= 11 is 0. The van der Waals surface area contributed by atoms with Crippen LogP contribution in [0.15, 0.2) is 35.3 Å². The first-order valence-electron chi connectivity index (χ1n) is 4.25. The first kappa shape index (κ1) is 8.62. The zero-order chi connectivity index (χ0) is 9.97. The van der Waals surface area contributed by atoms with E-state index in [4.69, 9.17) is 0 Å². The maximum absolute atomic E-state index is 11.1. The lowest BCUT2D eigenvalue weighted by molar-refractivity contribution is 0.970. The monoisotopic (exact) mass is 187 g/mol. The molecule has 0 aromatic carbocycles. The quantitative estimate of drug-likeness (QED) is 0.728. The van der Waals surface area contributed by atoms with Gasteiger partial charge in [-0.05, 0) is 25.1 Å². The van der Waals surface area contributed by atoms with Crippen LogP contribution in [-0.4, -0.2) is 15.2 Å². The second-order valence-corrected chi connectivity index (χ2v) is 2.98. The Bertz CT molecular complexity index is 490. The summed E-state index contributed by atoms with van der Waals surface area (Å²) in [5.74, 6) is 0. The minimum atomic E-state index is -0.162. The standard InChI is InChI=1S/C10H9N3O/c1-7-6-9(12-13-10(7)14)8-4-2-3-5-11-8/h2-6H,1H3,(H,13,14). The van der Waals surface area contributed by atoms with Crippen LogP contribution in [0.4, 0.5) is 0 Å². The molecule has 0 saturated carbocycles. The number of pyridine rings is 1. The third-order valence-electron chi connectivity index (χ3n) is 1.92. The summed E-state index contributed by atoms with van der Waals surface area (Å²) in [7, 11) is 0. The third kappa shape index (κ3) is 1.54. The van der Waals surface area contributed by atoms with Crippen LogP contribution in [0.1, 0.15) is 5.56 Å². The molecule has 1 N–H and O–H groups in total. The van der Waals surface area contributed by atoms with Crippen molar-refractivity contribution in [3.63, 3.8) is 0 Å². The molecule has 2 aromatic heterocycles. The molecule has 0 fully saturated rings. The summed E-state index contributed by atoms with van der Waals surface area (Å²) in [6, 6.07) is 7.29. The van der Waals surface area contributed by atoms with Crippen LogP contribution in [-0.2, 0) is 0 Å². The van der Waals surface area contributed by atoms with Gasteiger partial charge in [-0.2, -0.15) is 5.10 Å². The van der Waals surface area contributed by atoms with Gasteiger partial charge in [0.1, 0.15) is 5.69 Å². The van der Waals surface area contributed by atoms with Crippen molar-refractivity contribution in [2.75, 3.05) is 0 Å². The number of nitrogens with one attached hydrogen (secondary N) is 1.